The molecular formula is C18H21ClN4O3. The number of hydrogen-bond acceptors (Lipinski definition) is 7. The largest absolute Gasteiger partial charge is 0.396 e. The van der Waals surface area contributed by atoms with Gasteiger partial charge in [-0.15, -0.1) is 0 Å². The molecule has 1 heterocycles. The lowest BCUT2D eigenvalue weighted by molar-refractivity contribution is -0.0203. The second-order valence-electron chi connectivity index (χ2n) is 5.64. The Hall–Kier alpha value is -2.37. The smallest absolute Gasteiger partial charge is 0.223 e. The molecule has 0 saturated heterocycles. The van der Waals surface area contributed by atoms with Crippen LogP contribution in [0, 0.1) is 17.8 Å². The second kappa shape index (κ2) is 9.36. The van der Waals surface area contributed by atoms with Crippen LogP contribution in [0.25, 0.3) is 0 Å². The van der Waals surface area contributed by atoms with Crippen molar-refractivity contribution in [3.05, 3.63) is 46.6 Å². The Morgan fingerprint density at radius 3 is 2.50 bits per heavy atom. The summed E-state index contributed by atoms with van der Waals surface area (Å²) in [6.07, 6.45) is -2.12. The van der Waals surface area contributed by atoms with E-state index < -0.39 is 18.2 Å². The van der Waals surface area contributed by atoms with E-state index in [1.54, 1.807) is 6.92 Å². The van der Waals surface area contributed by atoms with Crippen molar-refractivity contribution < 1.29 is 15.3 Å². The van der Waals surface area contributed by atoms with Crippen LogP contribution in [0.15, 0.2) is 30.3 Å². The number of nitrogens with one attached hydrogen (secondary N) is 1. The summed E-state index contributed by atoms with van der Waals surface area (Å²) in [7, 11) is 0. The van der Waals surface area contributed by atoms with Crippen molar-refractivity contribution in [3.63, 3.8) is 0 Å². The molecule has 1 aromatic heterocycles. The third-order valence-electron chi connectivity index (χ3n) is 3.84. The predicted molar refractivity (Wildman–Crippen MR) is 100 cm³/mol. The molecule has 0 amide bonds. The van der Waals surface area contributed by atoms with Crippen LogP contribution in [-0.4, -0.2) is 44.2 Å². The minimum absolute atomic E-state index is 0.0271. The number of benzene rings is 1. The lowest BCUT2D eigenvalue weighted by Gasteiger charge is -2.25. The van der Waals surface area contributed by atoms with E-state index >= 15 is 0 Å². The Labute approximate surface area is 156 Å². The number of hydrogen-bond donors (Lipinski definition) is 5. The van der Waals surface area contributed by atoms with Gasteiger partial charge in [0.1, 0.15) is 11.7 Å². The normalized spacial score (nSPS) is 14.0. The van der Waals surface area contributed by atoms with Crippen LogP contribution in [0.2, 0.25) is 5.15 Å². The molecule has 0 aliphatic heterocycles. The highest BCUT2D eigenvalue weighted by atomic mass is 35.5. The van der Waals surface area contributed by atoms with E-state index in [4.69, 9.17) is 17.3 Å². The Balaban J connectivity index is 2.32. The molecule has 0 bridgehead atoms. The molecular weight excluding hydrogens is 356 g/mol. The molecule has 0 radical (unpaired) electrons. The number of anilines is 2. The Morgan fingerprint density at radius 2 is 1.88 bits per heavy atom. The maximum atomic E-state index is 10.2. The van der Waals surface area contributed by atoms with Gasteiger partial charge in [0.15, 0.2) is 17.2 Å². The summed E-state index contributed by atoms with van der Waals surface area (Å²) in [5, 5.41) is 32.3. The number of aliphatic hydroxyl groups is 3. The van der Waals surface area contributed by atoms with Gasteiger partial charge in [-0.2, -0.15) is 9.97 Å². The standard InChI is InChI=1S/C18H21ClN4O3/c1-2-12(10-24)14(25)17(26)22-16-13(15(19)21-18(20)23-16)9-8-11-6-4-3-5-7-11/h3-7,12,14,17,24-26H,2,10H2,1H3,(H3,20,21,22,23). The Bertz CT molecular complexity index is 788. The van der Waals surface area contributed by atoms with Crippen molar-refractivity contribution in [1.82, 2.24) is 9.97 Å². The maximum Gasteiger partial charge on any atom is 0.223 e. The van der Waals surface area contributed by atoms with Crippen LogP contribution in [0.5, 0.6) is 0 Å². The molecule has 0 fully saturated rings. The molecule has 0 saturated carbocycles. The first-order chi connectivity index (χ1) is 12.5. The molecule has 2 aromatic rings. The van der Waals surface area contributed by atoms with E-state index in [2.05, 4.69) is 27.1 Å². The van der Waals surface area contributed by atoms with Crippen LogP contribution < -0.4 is 11.1 Å². The van der Waals surface area contributed by atoms with Crippen molar-refractivity contribution in [2.75, 3.05) is 17.7 Å². The molecule has 2 rings (SSSR count). The lowest BCUT2D eigenvalue weighted by Crippen LogP contribution is -2.40. The van der Waals surface area contributed by atoms with Crippen molar-refractivity contribution in [3.8, 4) is 11.8 Å². The second-order valence-corrected chi connectivity index (χ2v) is 6.00. The van der Waals surface area contributed by atoms with E-state index in [9.17, 15) is 15.3 Å². The summed E-state index contributed by atoms with van der Waals surface area (Å²) in [6.45, 7) is 1.54. The van der Waals surface area contributed by atoms with Gasteiger partial charge in [-0.1, -0.05) is 48.6 Å². The van der Waals surface area contributed by atoms with Gasteiger partial charge in [0.05, 0.1) is 0 Å². The molecule has 7 nitrogen and oxygen atoms in total. The highest BCUT2D eigenvalue weighted by Crippen LogP contribution is 2.23. The minimum atomic E-state index is -1.39. The molecule has 0 aliphatic carbocycles. The number of rotatable bonds is 6. The van der Waals surface area contributed by atoms with Crippen LogP contribution in [0.1, 0.15) is 24.5 Å². The van der Waals surface area contributed by atoms with Crippen molar-refractivity contribution >= 4 is 23.4 Å². The Kier molecular flexibility index (Phi) is 7.18. The summed E-state index contributed by atoms with van der Waals surface area (Å²) < 4.78 is 0. The monoisotopic (exact) mass is 376 g/mol. The zero-order chi connectivity index (χ0) is 19.1. The highest BCUT2D eigenvalue weighted by Gasteiger charge is 2.26. The van der Waals surface area contributed by atoms with Gasteiger partial charge in [0.2, 0.25) is 5.95 Å². The number of nitrogens with two attached hydrogens (primary N) is 1. The Morgan fingerprint density at radius 1 is 1.19 bits per heavy atom. The lowest BCUT2D eigenvalue weighted by atomic mass is 9.99. The van der Waals surface area contributed by atoms with Gasteiger partial charge in [0, 0.05) is 18.1 Å². The number of aromatic nitrogens is 2. The summed E-state index contributed by atoms with van der Waals surface area (Å²) in [6, 6.07) is 9.24. The number of aliphatic hydroxyl groups excluding tert-OH is 3. The summed E-state index contributed by atoms with van der Waals surface area (Å²) >= 11 is 6.12. The van der Waals surface area contributed by atoms with E-state index in [0.29, 0.717) is 6.42 Å². The first kappa shape index (κ1) is 19.9. The van der Waals surface area contributed by atoms with Crippen LogP contribution in [-0.2, 0) is 0 Å². The van der Waals surface area contributed by atoms with E-state index in [1.807, 2.05) is 30.3 Å². The maximum absolute atomic E-state index is 10.2. The third-order valence-corrected chi connectivity index (χ3v) is 4.11. The summed E-state index contributed by atoms with van der Waals surface area (Å²) in [5.41, 5.74) is 6.63. The quantitative estimate of drug-likeness (QED) is 0.291. The molecule has 3 unspecified atom stereocenters. The topological polar surface area (TPSA) is 125 Å². The molecule has 6 N–H and O–H groups in total. The van der Waals surface area contributed by atoms with Gasteiger partial charge in [0.25, 0.3) is 0 Å². The molecule has 8 heteroatoms. The molecule has 0 aliphatic rings. The fourth-order valence-corrected chi connectivity index (χ4v) is 2.51. The summed E-state index contributed by atoms with van der Waals surface area (Å²) in [4.78, 5) is 7.89. The van der Waals surface area contributed by atoms with Gasteiger partial charge in [-0.05, 0) is 18.6 Å². The van der Waals surface area contributed by atoms with Crippen LogP contribution in [0.3, 0.4) is 0 Å². The number of nitrogen functional groups attached to an aromatic ring is 1. The highest BCUT2D eigenvalue weighted by molar-refractivity contribution is 6.31. The molecule has 1 aromatic carbocycles. The van der Waals surface area contributed by atoms with E-state index in [1.165, 1.54) is 0 Å². The molecule has 138 valence electrons. The van der Waals surface area contributed by atoms with E-state index in [0.717, 1.165) is 5.56 Å². The number of halogens is 1. The van der Waals surface area contributed by atoms with Crippen LogP contribution >= 0.6 is 11.6 Å². The van der Waals surface area contributed by atoms with E-state index in [-0.39, 0.29) is 29.1 Å². The zero-order valence-corrected chi connectivity index (χ0v) is 15.0. The summed E-state index contributed by atoms with van der Waals surface area (Å²) in [5.74, 6) is 5.30. The first-order valence-electron chi connectivity index (χ1n) is 8.09. The predicted octanol–water partition coefficient (Wildman–Crippen LogP) is 1.22. The van der Waals surface area contributed by atoms with Gasteiger partial charge in [-0.25, -0.2) is 0 Å². The van der Waals surface area contributed by atoms with Crippen molar-refractivity contribution in [2.45, 2.75) is 25.7 Å². The minimum Gasteiger partial charge on any atom is -0.396 e. The average molecular weight is 377 g/mol. The van der Waals surface area contributed by atoms with Gasteiger partial charge < -0.3 is 26.4 Å². The molecule has 0 spiro atoms. The van der Waals surface area contributed by atoms with Gasteiger partial charge in [-0.3, -0.25) is 0 Å². The molecule has 26 heavy (non-hydrogen) atoms. The van der Waals surface area contributed by atoms with Crippen molar-refractivity contribution in [1.29, 1.82) is 0 Å². The first-order valence-corrected chi connectivity index (χ1v) is 8.47. The van der Waals surface area contributed by atoms with Crippen LogP contribution in [0.4, 0.5) is 11.8 Å². The zero-order valence-electron chi connectivity index (χ0n) is 14.2. The average Bonchev–Trinajstić information content (AvgIpc) is 2.62. The number of nitrogens with zero attached hydrogens (tertiary/aromatic N) is 2. The molecule has 3 atom stereocenters. The van der Waals surface area contributed by atoms with Crippen molar-refractivity contribution in [2.24, 2.45) is 5.92 Å². The fourth-order valence-electron chi connectivity index (χ4n) is 2.28. The third kappa shape index (κ3) is 5.07. The SMILES string of the molecule is CCC(CO)C(O)C(O)Nc1nc(N)nc(Cl)c1C#Cc1ccccc1. The fraction of sp³-hybridized carbons (Fsp3) is 0.333. The van der Waals surface area contributed by atoms with Gasteiger partial charge >= 0.3 is 0 Å².